The number of ether oxygens (including phenoxy) is 1. The number of halogens is 1. The number of anilines is 1. The van der Waals surface area contributed by atoms with Gasteiger partial charge in [-0.2, -0.15) is 4.98 Å². The van der Waals surface area contributed by atoms with Gasteiger partial charge in [-0.15, -0.1) is 11.6 Å². The molecule has 1 heterocycles. The number of nitrogens with zero attached hydrogens (tertiary/aromatic N) is 2. The Labute approximate surface area is 108 Å². The number of aryl methyl sites for hydroxylation is 1. The zero-order chi connectivity index (χ0) is 12.8. The first kappa shape index (κ1) is 14.0. The number of hydrogen-bond donors (Lipinski definition) is 1. The van der Waals surface area contributed by atoms with Gasteiger partial charge in [0.2, 0.25) is 5.88 Å². The van der Waals surface area contributed by atoms with Crippen molar-refractivity contribution in [2.45, 2.75) is 32.6 Å². The molecule has 0 aromatic carbocycles. The first-order valence-corrected chi connectivity index (χ1v) is 6.22. The largest absolute Gasteiger partial charge is 0.481 e. The lowest BCUT2D eigenvalue weighted by Gasteiger charge is -2.13. The van der Waals surface area contributed by atoms with E-state index >= 15 is 0 Å². The molecule has 1 N–H and O–H groups in total. The first-order valence-electron chi connectivity index (χ1n) is 5.79. The summed E-state index contributed by atoms with van der Waals surface area (Å²) in [5.41, 5.74) is 0. The Balaban J connectivity index is 2.54. The van der Waals surface area contributed by atoms with Crippen molar-refractivity contribution in [2.75, 3.05) is 19.0 Å². The van der Waals surface area contributed by atoms with Crippen molar-refractivity contribution in [2.24, 2.45) is 5.92 Å². The fourth-order valence-corrected chi connectivity index (χ4v) is 1.98. The Morgan fingerprint density at radius 3 is 2.71 bits per heavy atom. The molecule has 0 saturated carbocycles. The molecule has 4 nitrogen and oxygen atoms in total. The molecule has 96 valence electrons. The van der Waals surface area contributed by atoms with E-state index in [2.05, 4.69) is 29.1 Å². The van der Waals surface area contributed by atoms with Crippen molar-refractivity contribution in [1.82, 2.24) is 9.97 Å². The average molecular weight is 258 g/mol. The lowest BCUT2D eigenvalue weighted by atomic mass is 10.1. The molecule has 0 radical (unpaired) electrons. The highest BCUT2D eigenvalue weighted by molar-refractivity contribution is 6.20. The summed E-state index contributed by atoms with van der Waals surface area (Å²) in [5, 5.41) is 3.31. The van der Waals surface area contributed by atoms with Crippen molar-refractivity contribution in [1.29, 1.82) is 0 Å². The molecule has 0 saturated heterocycles. The third-order valence-corrected chi connectivity index (χ3v) is 2.59. The molecule has 0 aliphatic heterocycles. The molecule has 0 spiro atoms. The van der Waals surface area contributed by atoms with E-state index in [9.17, 15) is 0 Å². The highest BCUT2D eigenvalue weighted by atomic mass is 35.5. The zero-order valence-corrected chi connectivity index (χ0v) is 11.6. The van der Waals surface area contributed by atoms with Gasteiger partial charge in [-0.05, 0) is 19.3 Å². The third-order valence-electron chi connectivity index (χ3n) is 2.26. The van der Waals surface area contributed by atoms with Crippen LogP contribution in [0.1, 0.15) is 26.1 Å². The maximum Gasteiger partial charge on any atom is 0.218 e. The second-order valence-corrected chi connectivity index (χ2v) is 5.07. The summed E-state index contributed by atoms with van der Waals surface area (Å²) in [5.74, 6) is 2.60. The lowest BCUT2D eigenvalue weighted by molar-refractivity contribution is 0.396. The molecule has 1 atom stereocenters. The molecular weight excluding hydrogens is 238 g/mol. The standard InChI is InChI=1S/C12H20ClN3O/c1-8(2)5-10(13)7-14-11-6-12(17-4)16-9(3)15-11/h6,8,10H,5,7H2,1-4H3,(H,14,15,16). The van der Waals surface area contributed by atoms with Gasteiger partial charge in [0.15, 0.2) is 0 Å². The lowest BCUT2D eigenvalue weighted by Crippen LogP contribution is -2.17. The number of aromatic nitrogens is 2. The van der Waals surface area contributed by atoms with Crippen LogP contribution >= 0.6 is 11.6 Å². The molecule has 17 heavy (non-hydrogen) atoms. The van der Waals surface area contributed by atoms with E-state index < -0.39 is 0 Å². The zero-order valence-electron chi connectivity index (χ0n) is 10.8. The molecule has 1 aromatic heterocycles. The van der Waals surface area contributed by atoms with E-state index in [0.717, 1.165) is 12.2 Å². The molecule has 1 rings (SSSR count). The summed E-state index contributed by atoms with van der Waals surface area (Å²) < 4.78 is 5.08. The Hall–Kier alpha value is -1.03. The summed E-state index contributed by atoms with van der Waals surface area (Å²) >= 11 is 6.20. The molecule has 0 fully saturated rings. The minimum atomic E-state index is 0.108. The predicted molar refractivity (Wildman–Crippen MR) is 70.9 cm³/mol. The van der Waals surface area contributed by atoms with Gasteiger partial charge in [-0.1, -0.05) is 13.8 Å². The number of rotatable bonds is 6. The second-order valence-electron chi connectivity index (χ2n) is 4.45. The summed E-state index contributed by atoms with van der Waals surface area (Å²) in [6.45, 7) is 6.85. The maximum absolute atomic E-state index is 6.20. The van der Waals surface area contributed by atoms with Crippen molar-refractivity contribution in [3.05, 3.63) is 11.9 Å². The highest BCUT2D eigenvalue weighted by Crippen LogP contribution is 2.15. The van der Waals surface area contributed by atoms with Crippen LogP contribution in [0.15, 0.2) is 6.07 Å². The van der Waals surface area contributed by atoms with Crippen LogP contribution in [-0.4, -0.2) is 29.0 Å². The monoisotopic (exact) mass is 257 g/mol. The van der Waals surface area contributed by atoms with Gasteiger partial charge in [0, 0.05) is 12.6 Å². The molecule has 1 aromatic rings. The fraction of sp³-hybridized carbons (Fsp3) is 0.667. The fourth-order valence-electron chi connectivity index (χ4n) is 1.55. The normalized spacial score (nSPS) is 12.6. The SMILES string of the molecule is COc1cc(NCC(Cl)CC(C)C)nc(C)n1. The van der Waals surface area contributed by atoms with E-state index in [1.807, 2.05) is 6.92 Å². The van der Waals surface area contributed by atoms with E-state index in [1.54, 1.807) is 13.2 Å². The van der Waals surface area contributed by atoms with Crippen molar-refractivity contribution in [3.8, 4) is 5.88 Å². The van der Waals surface area contributed by atoms with Crippen LogP contribution in [0, 0.1) is 12.8 Å². The van der Waals surface area contributed by atoms with Gasteiger partial charge in [0.1, 0.15) is 11.6 Å². The van der Waals surface area contributed by atoms with Crippen LogP contribution in [0.25, 0.3) is 0 Å². The van der Waals surface area contributed by atoms with Gasteiger partial charge in [-0.25, -0.2) is 4.98 Å². The predicted octanol–water partition coefficient (Wildman–Crippen LogP) is 2.86. The van der Waals surface area contributed by atoms with Gasteiger partial charge in [0.25, 0.3) is 0 Å². The van der Waals surface area contributed by atoms with Crippen LogP contribution < -0.4 is 10.1 Å². The summed E-state index contributed by atoms with van der Waals surface area (Å²) in [6.07, 6.45) is 0.982. The third kappa shape index (κ3) is 5.22. The number of alkyl halides is 1. The second kappa shape index (κ2) is 6.64. The molecule has 0 aliphatic rings. The molecule has 1 unspecified atom stereocenters. The molecule has 0 bridgehead atoms. The summed E-state index contributed by atoms with van der Waals surface area (Å²) in [6, 6.07) is 1.77. The Kier molecular flexibility index (Phi) is 5.48. The smallest absolute Gasteiger partial charge is 0.218 e. The van der Waals surface area contributed by atoms with Gasteiger partial charge in [0.05, 0.1) is 12.5 Å². The summed E-state index contributed by atoms with van der Waals surface area (Å²) in [7, 11) is 1.59. The highest BCUT2D eigenvalue weighted by Gasteiger charge is 2.08. The van der Waals surface area contributed by atoms with Gasteiger partial charge in [-0.3, -0.25) is 0 Å². The molecule has 5 heteroatoms. The molecule has 0 aliphatic carbocycles. The first-order chi connectivity index (χ1) is 8.01. The van der Waals surface area contributed by atoms with Crippen molar-refractivity contribution < 1.29 is 4.74 Å². The topological polar surface area (TPSA) is 47.0 Å². The Bertz CT molecular complexity index is 358. The van der Waals surface area contributed by atoms with Gasteiger partial charge >= 0.3 is 0 Å². The Morgan fingerprint density at radius 2 is 2.12 bits per heavy atom. The van der Waals surface area contributed by atoms with Crippen molar-refractivity contribution >= 4 is 17.4 Å². The van der Waals surface area contributed by atoms with Gasteiger partial charge < -0.3 is 10.1 Å². The number of methoxy groups -OCH3 is 1. The average Bonchev–Trinajstić information content (AvgIpc) is 2.24. The van der Waals surface area contributed by atoms with E-state index in [4.69, 9.17) is 16.3 Å². The van der Waals surface area contributed by atoms with Crippen molar-refractivity contribution in [3.63, 3.8) is 0 Å². The maximum atomic E-state index is 6.20. The van der Waals surface area contributed by atoms with Crippen LogP contribution in [0.4, 0.5) is 5.82 Å². The molecule has 0 amide bonds. The Morgan fingerprint density at radius 1 is 1.41 bits per heavy atom. The number of hydrogen-bond acceptors (Lipinski definition) is 4. The van der Waals surface area contributed by atoms with Crippen LogP contribution in [0.2, 0.25) is 0 Å². The minimum Gasteiger partial charge on any atom is -0.481 e. The van der Waals surface area contributed by atoms with E-state index in [1.165, 1.54) is 0 Å². The quantitative estimate of drug-likeness (QED) is 0.796. The van der Waals surface area contributed by atoms with E-state index in [-0.39, 0.29) is 5.38 Å². The minimum absolute atomic E-state index is 0.108. The van der Waals surface area contributed by atoms with Crippen LogP contribution in [-0.2, 0) is 0 Å². The molecular formula is C12H20ClN3O. The van der Waals surface area contributed by atoms with Crippen LogP contribution in [0.5, 0.6) is 5.88 Å². The number of nitrogens with one attached hydrogen (secondary N) is 1. The van der Waals surface area contributed by atoms with Crippen LogP contribution in [0.3, 0.4) is 0 Å². The summed E-state index contributed by atoms with van der Waals surface area (Å²) in [4.78, 5) is 8.39. The van der Waals surface area contributed by atoms with E-state index in [0.29, 0.717) is 24.2 Å².